The van der Waals surface area contributed by atoms with Gasteiger partial charge < -0.3 is 45.2 Å². The molecule has 7 N–H and O–H groups in total. The number of ether oxygens (including phenoxy) is 2. The minimum Gasteiger partial charge on any atom is -0.394 e. The van der Waals surface area contributed by atoms with Crippen molar-refractivity contribution in [1.82, 2.24) is 0 Å². The Bertz CT molecular complexity index is 1090. The second-order valence-corrected chi connectivity index (χ2v) is 17.2. The number of allylic oxidation sites excluding steroid dienone is 1. The second-order valence-electron chi connectivity index (χ2n) is 17.2. The lowest BCUT2D eigenvalue weighted by Gasteiger charge is -2.71. The first kappa shape index (κ1) is 35.7. The minimum absolute atomic E-state index is 0.0237. The topological polar surface area (TPSA) is 160 Å². The smallest absolute Gasteiger partial charge is 0.187 e. The Labute approximate surface area is 270 Å². The first-order valence-electron chi connectivity index (χ1n) is 17.5. The summed E-state index contributed by atoms with van der Waals surface area (Å²) in [5.41, 5.74) is -0.542. The van der Waals surface area contributed by atoms with E-state index in [1.165, 1.54) is 0 Å². The van der Waals surface area contributed by atoms with Crippen LogP contribution in [0.1, 0.15) is 106 Å². The van der Waals surface area contributed by atoms with Crippen LogP contribution in [0, 0.1) is 45.3 Å². The summed E-state index contributed by atoms with van der Waals surface area (Å²) in [6, 6.07) is 0. The highest BCUT2D eigenvalue weighted by atomic mass is 16.7. The van der Waals surface area contributed by atoms with Crippen molar-refractivity contribution in [3.8, 4) is 0 Å². The lowest BCUT2D eigenvalue weighted by molar-refractivity contribution is -0.334. The molecule has 1 heterocycles. The van der Waals surface area contributed by atoms with Gasteiger partial charge in [0.2, 0.25) is 0 Å². The molecule has 5 aliphatic rings. The van der Waals surface area contributed by atoms with Crippen molar-refractivity contribution in [3.05, 3.63) is 11.6 Å². The average molecular weight is 639 g/mol. The van der Waals surface area contributed by atoms with Gasteiger partial charge in [-0.15, -0.1) is 0 Å². The van der Waals surface area contributed by atoms with E-state index in [4.69, 9.17) is 9.47 Å². The molecule has 0 radical (unpaired) electrons. The molecule has 0 aromatic heterocycles. The molecule has 0 amide bonds. The molecule has 4 saturated carbocycles. The van der Waals surface area contributed by atoms with Gasteiger partial charge in [0.15, 0.2) is 6.29 Å². The van der Waals surface area contributed by atoms with Gasteiger partial charge in [0.05, 0.1) is 31.0 Å². The number of rotatable bonds is 8. The van der Waals surface area contributed by atoms with Crippen molar-refractivity contribution in [1.29, 1.82) is 0 Å². The summed E-state index contributed by atoms with van der Waals surface area (Å²) in [7, 11) is 0. The number of aliphatic hydroxyl groups is 7. The molecule has 0 aromatic rings. The summed E-state index contributed by atoms with van der Waals surface area (Å²) in [5, 5.41) is 74.3. The second kappa shape index (κ2) is 12.4. The summed E-state index contributed by atoms with van der Waals surface area (Å²) < 4.78 is 12.6. The molecule has 45 heavy (non-hydrogen) atoms. The van der Waals surface area contributed by atoms with E-state index in [1.807, 2.05) is 13.0 Å². The molecule has 5 rings (SSSR count). The fourth-order valence-electron chi connectivity index (χ4n) is 12.1. The maximum absolute atomic E-state index is 11.9. The molecule has 9 heteroatoms. The van der Waals surface area contributed by atoms with Gasteiger partial charge in [0, 0.05) is 0 Å². The van der Waals surface area contributed by atoms with Gasteiger partial charge in [0.1, 0.15) is 24.4 Å². The quantitative estimate of drug-likeness (QED) is 0.198. The van der Waals surface area contributed by atoms with E-state index in [-0.39, 0.29) is 46.0 Å². The molecule has 15 unspecified atom stereocenters. The third kappa shape index (κ3) is 5.48. The van der Waals surface area contributed by atoms with Crippen LogP contribution in [0.4, 0.5) is 0 Å². The van der Waals surface area contributed by atoms with Gasteiger partial charge in [-0.3, -0.25) is 0 Å². The van der Waals surface area contributed by atoms with Crippen LogP contribution in [0.25, 0.3) is 0 Å². The Hall–Kier alpha value is -0.620. The lowest BCUT2D eigenvalue weighted by atomic mass is 9.35. The molecule has 9 nitrogen and oxygen atoms in total. The monoisotopic (exact) mass is 638 g/mol. The van der Waals surface area contributed by atoms with Crippen molar-refractivity contribution >= 4 is 0 Å². The molecular weight excluding hydrogens is 576 g/mol. The zero-order chi connectivity index (χ0) is 33.3. The first-order chi connectivity index (χ1) is 20.9. The van der Waals surface area contributed by atoms with Crippen LogP contribution in [0.5, 0.6) is 0 Å². The maximum Gasteiger partial charge on any atom is 0.187 e. The SMILES string of the molecule is CC(=CCCC(C)(OC1OC(CO)C(O)C(O)C1O)C1CCC2(C)C1CCC1C3(C)CCC(O)C(C)(C)C3C(O)CC12C)CO. The van der Waals surface area contributed by atoms with Gasteiger partial charge in [-0.1, -0.05) is 46.3 Å². The van der Waals surface area contributed by atoms with Crippen LogP contribution in [0.2, 0.25) is 0 Å². The molecule has 0 aromatic carbocycles. The molecule has 5 fully saturated rings. The Morgan fingerprint density at radius 3 is 2.22 bits per heavy atom. The number of fused-ring (bicyclic) bond motifs is 5. The molecule has 15 atom stereocenters. The zero-order valence-electron chi connectivity index (χ0n) is 28.7. The van der Waals surface area contributed by atoms with Gasteiger partial charge in [-0.05, 0) is 117 Å². The highest BCUT2D eigenvalue weighted by molar-refractivity contribution is 5.20. The molecule has 0 bridgehead atoms. The Morgan fingerprint density at radius 1 is 0.889 bits per heavy atom. The predicted octanol–water partition coefficient (Wildman–Crippen LogP) is 3.30. The van der Waals surface area contributed by atoms with Crippen LogP contribution < -0.4 is 0 Å². The fraction of sp³-hybridized carbons (Fsp3) is 0.944. The van der Waals surface area contributed by atoms with Crippen molar-refractivity contribution in [3.63, 3.8) is 0 Å². The van der Waals surface area contributed by atoms with E-state index in [1.54, 1.807) is 0 Å². The third-order valence-corrected chi connectivity index (χ3v) is 14.7. The number of hydrogen-bond donors (Lipinski definition) is 7. The molecular formula is C36H62O9. The van der Waals surface area contributed by atoms with Crippen molar-refractivity contribution in [2.45, 2.75) is 155 Å². The summed E-state index contributed by atoms with van der Waals surface area (Å²) >= 11 is 0. The Morgan fingerprint density at radius 2 is 1.58 bits per heavy atom. The highest BCUT2D eigenvalue weighted by Gasteiger charge is 2.71. The van der Waals surface area contributed by atoms with Crippen LogP contribution in [0.15, 0.2) is 11.6 Å². The fourth-order valence-corrected chi connectivity index (χ4v) is 12.1. The highest BCUT2D eigenvalue weighted by Crippen LogP contribution is 2.76. The summed E-state index contributed by atoms with van der Waals surface area (Å²) in [6.07, 6.45) is 1.95. The van der Waals surface area contributed by atoms with E-state index in [0.29, 0.717) is 25.2 Å². The van der Waals surface area contributed by atoms with Crippen molar-refractivity contribution < 1.29 is 45.2 Å². The minimum atomic E-state index is -1.51. The number of aliphatic hydroxyl groups excluding tert-OH is 7. The van der Waals surface area contributed by atoms with Gasteiger partial charge in [-0.25, -0.2) is 0 Å². The predicted molar refractivity (Wildman–Crippen MR) is 170 cm³/mol. The van der Waals surface area contributed by atoms with E-state index >= 15 is 0 Å². The summed E-state index contributed by atoms with van der Waals surface area (Å²) in [6.45, 7) is 14.9. The molecule has 0 spiro atoms. The van der Waals surface area contributed by atoms with Crippen LogP contribution in [0.3, 0.4) is 0 Å². The largest absolute Gasteiger partial charge is 0.394 e. The molecule has 1 aliphatic heterocycles. The molecule has 260 valence electrons. The van der Waals surface area contributed by atoms with Crippen molar-refractivity contribution in [2.75, 3.05) is 13.2 Å². The van der Waals surface area contributed by atoms with Crippen LogP contribution in [-0.4, -0.2) is 97.5 Å². The van der Waals surface area contributed by atoms with E-state index in [0.717, 1.165) is 44.1 Å². The molecule has 1 saturated heterocycles. The Kier molecular flexibility index (Phi) is 9.80. The van der Waals surface area contributed by atoms with Crippen LogP contribution >= 0.6 is 0 Å². The average Bonchev–Trinajstić information content (AvgIpc) is 3.34. The van der Waals surface area contributed by atoms with Gasteiger partial charge >= 0.3 is 0 Å². The zero-order valence-corrected chi connectivity index (χ0v) is 28.7. The van der Waals surface area contributed by atoms with Gasteiger partial charge in [-0.2, -0.15) is 0 Å². The summed E-state index contributed by atoms with van der Waals surface area (Å²) in [5.74, 6) is 0.831. The molecule has 4 aliphatic carbocycles. The van der Waals surface area contributed by atoms with Crippen LogP contribution in [-0.2, 0) is 9.47 Å². The Balaban J connectivity index is 1.47. The first-order valence-corrected chi connectivity index (χ1v) is 17.5. The van der Waals surface area contributed by atoms with Gasteiger partial charge in [0.25, 0.3) is 0 Å². The lowest BCUT2D eigenvalue weighted by Crippen LogP contribution is -2.68. The van der Waals surface area contributed by atoms with Crippen molar-refractivity contribution in [2.24, 2.45) is 45.3 Å². The third-order valence-electron chi connectivity index (χ3n) is 14.7. The standard InChI is InChI=1S/C36H62O9/c1-20(18-37)9-8-14-36(7,45-31-29(43)28(42)27(41)24(19-38)44-31)22-12-16-34(5)21(22)10-11-25-33(4)15-13-26(40)32(2,3)30(33)23(39)17-35(25,34)6/h9,21-31,37-43H,8,10-19H2,1-7H3. The maximum atomic E-state index is 11.9. The van der Waals surface area contributed by atoms with E-state index < -0.39 is 55.1 Å². The van der Waals surface area contributed by atoms with E-state index in [9.17, 15) is 35.7 Å². The summed E-state index contributed by atoms with van der Waals surface area (Å²) in [4.78, 5) is 0. The number of hydrogen-bond acceptors (Lipinski definition) is 9. The normalized spacial score (nSPS) is 51.2. The van der Waals surface area contributed by atoms with E-state index in [2.05, 4.69) is 41.5 Å².